The van der Waals surface area contributed by atoms with Gasteiger partial charge in [-0.2, -0.15) is 0 Å². The molecule has 1 heterocycles. The molecule has 1 aromatic rings. The van der Waals surface area contributed by atoms with Crippen molar-refractivity contribution < 1.29 is 4.74 Å². The van der Waals surface area contributed by atoms with Gasteiger partial charge in [-0.15, -0.1) is 0 Å². The Kier molecular flexibility index (Phi) is 2.70. The van der Waals surface area contributed by atoms with Crippen molar-refractivity contribution in [1.82, 2.24) is 5.32 Å². The Bertz CT molecular complexity index is 333. The Hall–Kier alpha value is -1.02. The lowest BCUT2D eigenvalue weighted by Crippen LogP contribution is -2.34. The first kappa shape index (κ1) is 10.5. The Balaban J connectivity index is 2.16. The number of hydrogen-bond acceptors (Lipinski definition) is 2. The van der Waals surface area contributed by atoms with Gasteiger partial charge in [0.1, 0.15) is 11.4 Å². The zero-order valence-corrected chi connectivity index (χ0v) is 9.76. The summed E-state index contributed by atoms with van der Waals surface area (Å²) in [7, 11) is 0. The molecule has 0 saturated carbocycles. The molecule has 0 spiro atoms. The number of hydrogen-bond donors (Lipinski definition) is 1. The molecule has 2 rings (SSSR count). The highest BCUT2D eigenvalue weighted by atomic mass is 16.5. The van der Waals surface area contributed by atoms with Crippen LogP contribution in [-0.2, 0) is 0 Å². The van der Waals surface area contributed by atoms with Crippen LogP contribution >= 0.6 is 0 Å². The molecule has 1 fully saturated rings. The lowest BCUT2D eigenvalue weighted by Gasteiger charge is -2.25. The maximum absolute atomic E-state index is 6.06. The summed E-state index contributed by atoms with van der Waals surface area (Å²) in [5, 5.41) is 3.34. The van der Waals surface area contributed by atoms with E-state index in [0.717, 1.165) is 25.3 Å². The van der Waals surface area contributed by atoms with Crippen LogP contribution in [0.4, 0.5) is 0 Å². The van der Waals surface area contributed by atoms with Gasteiger partial charge in [-0.25, -0.2) is 0 Å². The number of rotatable bonds is 2. The molecule has 82 valence electrons. The van der Waals surface area contributed by atoms with E-state index in [2.05, 4.69) is 44.3 Å². The Labute approximate surface area is 91.6 Å². The largest absolute Gasteiger partial charge is 0.486 e. The van der Waals surface area contributed by atoms with E-state index in [0.29, 0.717) is 0 Å². The molecule has 0 aromatic heterocycles. The predicted octanol–water partition coefficient (Wildman–Crippen LogP) is 2.43. The number of ether oxygens (including phenoxy) is 1. The summed E-state index contributed by atoms with van der Waals surface area (Å²) in [6, 6.07) is 6.38. The normalized spacial score (nSPS) is 25.5. The molecule has 1 aliphatic heterocycles. The second-order valence-corrected chi connectivity index (χ2v) is 4.80. The van der Waals surface area contributed by atoms with Gasteiger partial charge in [0.05, 0.1) is 0 Å². The fourth-order valence-corrected chi connectivity index (χ4v) is 2.16. The van der Waals surface area contributed by atoms with Crippen LogP contribution in [0, 0.1) is 13.8 Å². The van der Waals surface area contributed by atoms with Gasteiger partial charge in [-0.1, -0.05) is 6.07 Å². The minimum Gasteiger partial charge on any atom is -0.486 e. The van der Waals surface area contributed by atoms with Crippen molar-refractivity contribution in [2.75, 3.05) is 13.1 Å². The van der Waals surface area contributed by atoms with Crippen LogP contribution in [0.3, 0.4) is 0 Å². The smallest absolute Gasteiger partial charge is 0.120 e. The lowest BCUT2D eigenvalue weighted by molar-refractivity contribution is 0.111. The third kappa shape index (κ3) is 2.51. The number of aryl methyl sites for hydroxylation is 2. The molecule has 1 aliphatic rings. The van der Waals surface area contributed by atoms with Crippen LogP contribution in [0.1, 0.15) is 24.5 Å². The maximum atomic E-state index is 6.06. The van der Waals surface area contributed by atoms with Gasteiger partial charge in [-0.05, 0) is 50.6 Å². The Morgan fingerprint density at radius 2 is 1.87 bits per heavy atom. The maximum Gasteiger partial charge on any atom is 0.120 e. The number of nitrogens with one attached hydrogen (secondary N) is 1. The minimum atomic E-state index is -0.0275. The highest BCUT2D eigenvalue weighted by Crippen LogP contribution is 2.25. The Morgan fingerprint density at radius 3 is 2.40 bits per heavy atom. The van der Waals surface area contributed by atoms with Crippen LogP contribution in [0.5, 0.6) is 5.75 Å². The average Bonchev–Trinajstić information content (AvgIpc) is 2.49. The SMILES string of the molecule is Cc1cc(C)cc(OC2(C)CCNC2)c1. The summed E-state index contributed by atoms with van der Waals surface area (Å²) >= 11 is 0. The second kappa shape index (κ2) is 3.86. The second-order valence-electron chi connectivity index (χ2n) is 4.80. The zero-order chi connectivity index (χ0) is 10.9. The van der Waals surface area contributed by atoms with Crippen LogP contribution in [0.15, 0.2) is 18.2 Å². The van der Waals surface area contributed by atoms with Gasteiger partial charge < -0.3 is 10.1 Å². The van der Waals surface area contributed by atoms with E-state index in [1.165, 1.54) is 11.1 Å². The summed E-state index contributed by atoms with van der Waals surface area (Å²) in [6.45, 7) is 8.39. The first-order valence-electron chi connectivity index (χ1n) is 5.55. The lowest BCUT2D eigenvalue weighted by atomic mass is 10.1. The van der Waals surface area contributed by atoms with Crippen molar-refractivity contribution in [2.45, 2.75) is 32.8 Å². The summed E-state index contributed by atoms with van der Waals surface area (Å²) in [6.07, 6.45) is 1.08. The molecule has 0 aliphatic carbocycles. The van der Waals surface area contributed by atoms with Crippen LogP contribution < -0.4 is 10.1 Å². The standard InChI is InChI=1S/C13H19NO/c1-10-6-11(2)8-12(7-10)15-13(3)4-5-14-9-13/h6-8,14H,4-5,9H2,1-3H3. The van der Waals surface area contributed by atoms with Gasteiger partial charge in [0.2, 0.25) is 0 Å². The highest BCUT2D eigenvalue weighted by Gasteiger charge is 2.30. The molecule has 1 aromatic carbocycles. The van der Waals surface area contributed by atoms with E-state index < -0.39 is 0 Å². The molecule has 15 heavy (non-hydrogen) atoms. The third-order valence-corrected chi connectivity index (χ3v) is 2.89. The zero-order valence-electron chi connectivity index (χ0n) is 9.76. The topological polar surface area (TPSA) is 21.3 Å². The van der Waals surface area contributed by atoms with Crippen molar-refractivity contribution >= 4 is 0 Å². The third-order valence-electron chi connectivity index (χ3n) is 2.89. The summed E-state index contributed by atoms with van der Waals surface area (Å²) < 4.78 is 6.06. The summed E-state index contributed by atoms with van der Waals surface area (Å²) in [4.78, 5) is 0. The molecule has 2 nitrogen and oxygen atoms in total. The van der Waals surface area contributed by atoms with Crippen LogP contribution in [-0.4, -0.2) is 18.7 Å². The van der Waals surface area contributed by atoms with E-state index in [1.54, 1.807) is 0 Å². The van der Waals surface area contributed by atoms with E-state index in [9.17, 15) is 0 Å². The van der Waals surface area contributed by atoms with Crippen LogP contribution in [0.2, 0.25) is 0 Å². The van der Waals surface area contributed by atoms with Crippen molar-refractivity contribution in [3.05, 3.63) is 29.3 Å². The highest BCUT2D eigenvalue weighted by molar-refractivity contribution is 5.33. The van der Waals surface area contributed by atoms with E-state index >= 15 is 0 Å². The van der Waals surface area contributed by atoms with Crippen molar-refractivity contribution in [3.63, 3.8) is 0 Å². The molecule has 2 heteroatoms. The fraction of sp³-hybridized carbons (Fsp3) is 0.538. The van der Waals surface area contributed by atoms with Crippen molar-refractivity contribution in [2.24, 2.45) is 0 Å². The van der Waals surface area contributed by atoms with Gasteiger partial charge >= 0.3 is 0 Å². The fourth-order valence-electron chi connectivity index (χ4n) is 2.16. The quantitative estimate of drug-likeness (QED) is 0.800. The van der Waals surface area contributed by atoms with E-state index in [1.807, 2.05) is 0 Å². The molecular formula is C13H19NO. The molecule has 0 bridgehead atoms. The predicted molar refractivity (Wildman–Crippen MR) is 62.4 cm³/mol. The van der Waals surface area contributed by atoms with E-state index in [4.69, 9.17) is 4.74 Å². The van der Waals surface area contributed by atoms with Crippen LogP contribution in [0.25, 0.3) is 0 Å². The Morgan fingerprint density at radius 1 is 1.20 bits per heavy atom. The van der Waals surface area contributed by atoms with Gasteiger partial charge in [-0.3, -0.25) is 0 Å². The minimum absolute atomic E-state index is 0.0275. The van der Waals surface area contributed by atoms with Crippen molar-refractivity contribution in [3.8, 4) is 5.75 Å². The molecule has 0 radical (unpaired) electrons. The van der Waals surface area contributed by atoms with Gasteiger partial charge in [0.15, 0.2) is 0 Å². The number of benzene rings is 1. The molecule has 1 unspecified atom stereocenters. The van der Waals surface area contributed by atoms with Crippen molar-refractivity contribution in [1.29, 1.82) is 0 Å². The molecule has 0 amide bonds. The molecule has 1 saturated heterocycles. The first-order valence-corrected chi connectivity index (χ1v) is 5.55. The monoisotopic (exact) mass is 205 g/mol. The molecular weight excluding hydrogens is 186 g/mol. The average molecular weight is 205 g/mol. The summed E-state index contributed by atoms with van der Waals surface area (Å²) in [5.74, 6) is 0.999. The molecule has 1 atom stereocenters. The first-order chi connectivity index (χ1) is 7.07. The van der Waals surface area contributed by atoms with Gasteiger partial charge in [0.25, 0.3) is 0 Å². The molecule has 1 N–H and O–H groups in total. The van der Waals surface area contributed by atoms with E-state index in [-0.39, 0.29) is 5.60 Å². The van der Waals surface area contributed by atoms with Gasteiger partial charge in [0, 0.05) is 13.0 Å². The summed E-state index contributed by atoms with van der Waals surface area (Å²) in [5.41, 5.74) is 2.50.